The summed E-state index contributed by atoms with van der Waals surface area (Å²) >= 11 is 1.17. The second-order valence-corrected chi connectivity index (χ2v) is 4.32. The highest BCUT2D eigenvalue weighted by Gasteiger charge is 2.22. The summed E-state index contributed by atoms with van der Waals surface area (Å²) in [5, 5.41) is 0.130. The van der Waals surface area contributed by atoms with Crippen molar-refractivity contribution >= 4 is 22.7 Å². The van der Waals surface area contributed by atoms with Gasteiger partial charge in [0.15, 0.2) is 5.82 Å². The zero-order valence-corrected chi connectivity index (χ0v) is 9.53. The minimum Gasteiger partial charge on any atom is -0.205 e. The van der Waals surface area contributed by atoms with E-state index < -0.39 is 22.6 Å². The van der Waals surface area contributed by atoms with Crippen molar-refractivity contribution in [1.82, 2.24) is 0 Å². The summed E-state index contributed by atoms with van der Waals surface area (Å²) in [4.78, 5) is -0.400. The van der Waals surface area contributed by atoms with Crippen LogP contribution in [0.25, 0.3) is 9.75 Å². The molecule has 0 amide bonds. The fourth-order valence-corrected chi connectivity index (χ4v) is 2.67. The lowest BCUT2D eigenvalue weighted by molar-refractivity contribution is 0.468. The Morgan fingerprint density at radius 3 is 1.94 bits per heavy atom. The number of hydrogen-bond acceptors (Lipinski definition) is 2. The van der Waals surface area contributed by atoms with E-state index in [1.54, 1.807) is 0 Å². The smallest absolute Gasteiger partial charge is 0.205 e. The molecule has 0 bridgehead atoms. The molecule has 2 aromatic rings. The molecule has 0 fully saturated rings. The number of halogens is 4. The van der Waals surface area contributed by atoms with E-state index in [0.29, 0.717) is 0 Å². The van der Waals surface area contributed by atoms with E-state index in [-0.39, 0.29) is 21.1 Å². The Morgan fingerprint density at radius 2 is 1.56 bits per heavy atom. The van der Waals surface area contributed by atoms with Crippen LogP contribution in [-0.2, 0) is 0 Å². The molecule has 0 atom stereocenters. The normalized spacial score (nSPS) is 9.75. The third kappa shape index (κ3) is 2.17. The minimum absolute atomic E-state index is 0.0738. The highest BCUT2D eigenvalue weighted by molar-refractivity contribution is 7.20. The second kappa shape index (κ2) is 5.27. The SMILES string of the molecule is C=C.Fc1ccsc1-c1sc(F)c(F)c1F. The lowest BCUT2D eigenvalue weighted by Gasteiger charge is -1.91. The standard InChI is InChI=1S/C8H2F4S2.C2H4/c9-3-1-2-13-6(3)7-4(10)5(11)8(12)14-7;1-2/h1-2H;1-2H2. The molecule has 0 nitrogen and oxygen atoms in total. The Bertz CT molecular complexity index is 487. The average molecular weight is 266 g/mol. The first-order valence-corrected chi connectivity index (χ1v) is 5.67. The lowest BCUT2D eigenvalue weighted by Crippen LogP contribution is -1.80. The molecule has 2 aromatic heterocycles. The van der Waals surface area contributed by atoms with Gasteiger partial charge in [0.25, 0.3) is 0 Å². The lowest BCUT2D eigenvalue weighted by atomic mass is 10.3. The zero-order valence-electron chi connectivity index (χ0n) is 7.90. The summed E-state index contributed by atoms with van der Waals surface area (Å²) in [7, 11) is 0. The van der Waals surface area contributed by atoms with Crippen LogP contribution in [0.1, 0.15) is 0 Å². The predicted molar refractivity (Wildman–Crippen MR) is 58.7 cm³/mol. The number of rotatable bonds is 1. The third-order valence-electron chi connectivity index (χ3n) is 1.58. The van der Waals surface area contributed by atoms with Gasteiger partial charge in [0, 0.05) is 0 Å². The van der Waals surface area contributed by atoms with Crippen molar-refractivity contribution in [1.29, 1.82) is 0 Å². The largest absolute Gasteiger partial charge is 0.216 e. The first kappa shape index (κ1) is 12.9. The molecular weight excluding hydrogens is 260 g/mol. The fraction of sp³-hybridized carbons (Fsp3) is 0. The Hall–Kier alpha value is -1.14. The van der Waals surface area contributed by atoms with E-state index in [4.69, 9.17) is 0 Å². The van der Waals surface area contributed by atoms with E-state index in [1.807, 2.05) is 0 Å². The minimum atomic E-state index is -1.54. The zero-order chi connectivity index (χ0) is 12.3. The van der Waals surface area contributed by atoms with Gasteiger partial charge >= 0.3 is 0 Å². The molecule has 0 spiro atoms. The molecule has 0 aliphatic rings. The first-order chi connectivity index (χ1) is 7.61. The molecule has 0 aliphatic heterocycles. The van der Waals surface area contributed by atoms with Crippen LogP contribution in [0, 0.1) is 22.6 Å². The molecule has 0 aromatic carbocycles. The summed E-state index contributed by atoms with van der Waals surface area (Å²) in [5.74, 6) is -3.54. The van der Waals surface area contributed by atoms with Crippen molar-refractivity contribution in [2.24, 2.45) is 0 Å². The summed E-state index contributed by atoms with van der Waals surface area (Å²) < 4.78 is 51.2. The molecule has 0 unspecified atom stereocenters. The molecule has 86 valence electrons. The van der Waals surface area contributed by atoms with Crippen molar-refractivity contribution in [3.05, 3.63) is 47.2 Å². The number of thiophene rings is 2. The van der Waals surface area contributed by atoms with Crippen LogP contribution in [-0.4, -0.2) is 0 Å². The van der Waals surface area contributed by atoms with Crippen LogP contribution in [0.4, 0.5) is 17.6 Å². The van der Waals surface area contributed by atoms with Gasteiger partial charge in [0.2, 0.25) is 10.9 Å². The summed E-state index contributed by atoms with van der Waals surface area (Å²) in [6, 6.07) is 1.12. The summed E-state index contributed by atoms with van der Waals surface area (Å²) in [6.45, 7) is 6.00. The van der Waals surface area contributed by atoms with Crippen molar-refractivity contribution in [2.75, 3.05) is 0 Å². The molecule has 0 aliphatic carbocycles. The van der Waals surface area contributed by atoms with Crippen LogP contribution in [0.15, 0.2) is 24.6 Å². The average Bonchev–Trinajstić information content (AvgIpc) is 2.81. The van der Waals surface area contributed by atoms with Gasteiger partial charge in [0.05, 0.1) is 9.75 Å². The van der Waals surface area contributed by atoms with Gasteiger partial charge in [0.1, 0.15) is 5.82 Å². The molecule has 6 heteroatoms. The fourth-order valence-electron chi connectivity index (χ4n) is 0.967. The molecule has 2 rings (SSSR count). The number of hydrogen-bond donors (Lipinski definition) is 0. The molecule has 2 heterocycles. The first-order valence-electron chi connectivity index (χ1n) is 3.98. The van der Waals surface area contributed by atoms with Crippen molar-refractivity contribution in [3.63, 3.8) is 0 Å². The van der Waals surface area contributed by atoms with E-state index in [2.05, 4.69) is 13.2 Å². The van der Waals surface area contributed by atoms with Crippen LogP contribution >= 0.6 is 22.7 Å². The maximum absolute atomic E-state index is 13.0. The van der Waals surface area contributed by atoms with Crippen molar-refractivity contribution in [2.45, 2.75) is 0 Å². The van der Waals surface area contributed by atoms with Gasteiger partial charge in [-0.3, -0.25) is 0 Å². The molecular formula is C10H6F4S2. The summed E-state index contributed by atoms with van der Waals surface area (Å²) in [5.41, 5.74) is 0. The van der Waals surface area contributed by atoms with Gasteiger partial charge < -0.3 is 0 Å². The van der Waals surface area contributed by atoms with Gasteiger partial charge in [-0.05, 0) is 11.4 Å². The van der Waals surface area contributed by atoms with E-state index in [0.717, 1.165) is 17.4 Å². The monoisotopic (exact) mass is 266 g/mol. The summed E-state index contributed by atoms with van der Waals surface area (Å²) in [6.07, 6.45) is 0. The van der Waals surface area contributed by atoms with Crippen LogP contribution in [0.2, 0.25) is 0 Å². The van der Waals surface area contributed by atoms with Gasteiger partial charge in [-0.15, -0.1) is 24.5 Å². The maximum Gasteiger partial charge on any atom is 0.216 e. The Morgan fingerprint density at radius 1 is 0.938 bits per heavy atom. The van der Waals surface area contributed by atoms with Crippen LogP contribution < -0.4 is 0 Å². The van der Waals surface area contributed by atoms with Crippen molar-refractivity contribution < 1.29 is 17.6 Å². The van der Waals surface area contributed by atoms with Gasteiger partial charge in [-0.1, -0.05) is 11.3 Å². The Labute approximate surface area is 97.5 Å². The topological polar surface area (TPSA) is 0 Å². The maximum atomic E-state index is 13.0. The van der Waals surface area contributed by atoms with Crippen LogP contribution in [0.3, 0.4) is 0 Å². The molecule has 0 saturated carbocycles. The second-order valence-electron chi connectivity index (χ2n) is 2.43. The third-order valence-corrected chi connectivity index (χ3v) is 3.56. The van der Waals surface area contributed by atoms with Crippen LogP contribution in [0.5, 0.6) is 0 Å². The van der Waals surface area contributed by atoms with Crippen molar-refractivity contribution in [3.8, 4) is 9.75 Å². The van der Waals surface area contributed by atoms with Gasteiger partial charge in [-0.2, -0.15) is 8.78 Å². The predicted octanol–water partition coefficient (Wildman–Crippen LogP) is 4.84. The quantitative estimate of drug-likeness (QED) is 0.512. The highest BCUT2D eigenvalue weighted by Crippen LogP contribution is 2.37. The van der Waals surface area contributed by atoms with E-state index in [1.165, 1.54) is 5.38 Å². The molecule has 16 heavy (non-hydrogen) atoms. The Kier molecular flexibility index (Phi) is 4.26. The van der Waals surface area contributed by atoms with E-state index >= 15 is 0 Å². The Balaban J connectivity index is 0.000000606. The molecule has 0 saturated heterocycles. The van der Waals surface area contributed by atoms with E-state index in [9.17, 15) is 17.6 Å². The molecule has 0 N–H and O–H groups in total. The highest BCUT2D eigenvalue weighted by atomic mass is 32.1. The van der Waals surface area contributed by atoms with Gasteiger partial charge in [-0.25, -0.2) is 8.78 Å². The molecule has 0 radical (unpaired) electrons.